The van der Waals surface area contributed by atoms with Gasteiger partial charge in [-0.25, -0.2) is 0 Å². The lowest BCUT2D eigenvalue weighted by atomic mass is 9.83. The first kappa shape index (κ1) is 12.4. The summed E-state index contributed by atoms with van der Waals surface area (Å²) >= 11 is 0. The van der Waals surface area contributed by atoms with E-state index in [4.69, 9.17) is 9.47 Å². The van der Waals surface area contributed by atoms with Gasteiger partial charge in [0.1, 0.15) is 5.75 Å². The Hall–Kier alpha value is -1.06. The van der Waals surface area contributed by atoms with Gasteiger partial charge in [0.05, 0.1) is 13.3 Å². The van der Waals surface area contributed by atoms with Crippen molar-refractivity contribution in [3.63, 3.8) is 0 Å². The average Bonchev–Trinajstić information content (AvgIpc) is 2.76. The number of nitrogens with one attached hydrogen (secondary N) is 1. The van der Waals surface area contributed by atoms with E-state index in [2.05, 4.69) is 37.4 Å². The second kappa shape index (κ2) is 5.07. The average molecular weight is 235 g/mol. The van der Waals surface area contributed by atoms with Gasteiger partial charge in [-0.2, -0.15) is 0 Å². The first-order valence-electron chi connectivity index (χ1n) is 6.09. The lowest BCUT2D eigenvalue weighted by Gasteiger charge is -2.26. The molecule has 3 heteroatoms. The lowest BCUT2D eigenvalue weighted by molar-refractivity contribution is 0.169. The number of ether oxygens (including phenoxy) is 2. The maximum absolute atomic E-state index is 5.53. The van der Waals surface area contributed by atoms with Crippen LogP contribution >= 0.6 is 0 Å². The Morgan fingerprint density at radius 3 is 3.00 bits per heavy atom. The molecule has 94 valence electrons. The van der Waals surface area contributed by atoms with E-state index in [0.717, 1.165) is 25.3 Å². The van der Waals surface area contributed by atoms with Crippen LogP contribution in [0.3, 0.4) is 0 Å². The first-order valence-corrected chi connectivity index (χ1v) is 6.09. The van der Waals surface area contributed by atoms with Gasteiger partial charge >= 0.3 is 0 Å². The minimum atomic E-state index is 0.107. The number of hydrogen-bond donors (Lipinski definition) is 1. The molecular weight excluding hydrogens is 214 g/mol. The van der Waals surface area contributed by atoms with Crippen molar-refractivity contribution < 1.29 is 9.47 Å². The summed E-state index contributed by atoms with van der Waals surface area (Å²) in [5, 5.41) is 3.29. The van der Waals surface area contributed by atoms with Crippen LogP contribution in [0.5, 0.6) is 5.75 Å². The highest BCUT2D eigenvalue weighted by atomic mass is 16.5. The minimum Gasteiger partial charge on any atom is -0.493 e. The maximum atomic E-state index is 5.53. The Morgan fingerprint density at radius 1 is 1.41 bits per heavy atom. The second-order valence-electron chi connectivity index (χ2n) is 5.16. The molecule has 0 saturated carbocycles. The molecule has 0 aliphatic carbocycles. The molecule has 0 spiro atoms. The summed E-state index contributed by atoms with van der Waals surface area (Å²) in [5.41, 5.74) is 2.79. The number of benzene rings is 1. The zero-order chi connectivity index (χ0) is 12.3. The van der Waals surface area contributed by atoms with E-state index in [1.54, 1.807) is 7.11 Å². The van der Waals surface area contributed by atoms with Crippen LogP contribution in [0.25, 0.3) is 0 Å². The van der Waals surface area contributed by atoms with Crippen LogP contribution in [-0.2, 0) is 16.6 Å². The standard InChI is InChI=1S/C14H21NO2/c1-14(2,9-15-10-16-3)12-4-5-13-11(8-12)6-7-17-13/h4-5,8,15H,6-7,9-10H2,1-3H3. The first-order chi connectivity index (χ1) is 8.13. The van der Waals surface area contributed by atoms with Gasteiger partial charge in [0.2, 0.25) is 0 Å². The molecule has 0 unspecified atom stereocenters. The molecular formula is C14H21NO2. The molecule has 0 bridgehead atoms. The molecule has 1 aromatic carbocycles. The molecule has 0 fully saturated rings. The predicted molar refractivity (Wildman–Crippen MR) is 68.5 cm³/mol. The summed E-state index contributed by atoms with van der Waals surface area (Å²) < 4.78 is 10.5. The molecule has 0 atom stereocenters. The van der Waals surface area contributed by atoms with E-state index in [1.165, 1.54) is 11.1 Å². The van der Waals surface area contributed by atoms with E-state index < -0.39 is 0 Å². The smallest absolute Gasteiger partial charge is 0.122 e. The molecule has 1 aliphatic heterocycles. The Bertz CT molecular complexity index is 388. The quantitative estimate of drug-likeness (QED) is 0.626. The fourth-order valence-corrected chi connectivity index (χ4v) is 2.18. The van der Waals surface area contributed by atoms with Crippen LogP contribution in [0.2, 0.25) is 0 Å². The van der Waals surface area contributed by atoms with Gasteiger partial charge in [-0.1, -0.05) is 26.0 Å². The zero-order valence-corrected chi connectivity index (χ0v) is 10.9. The van der Waals surface area contributed by atoms with Gasteiger partial charge in [0, 0.05) is 25.5 Å². The molecule has 1 N–H and O–H groups in total. The highest BCUT2D eigenvalue weighted by Gasteiger charge is 2.22. The molecule has 1 aliphatic rings. The predicted octanol–water partition coefficient (Wildman–Crippen LogP) is 2.09. The lowest BCUT2D eigenvalue weighted by Crippen LogP contribution is -2.34. The molecule has 0 saturated heterocycles. The van der Waals surface area contributed by atoms with Gasteiger partial charge in [0.15, 0.2) is 0 Å². The minimum absolute atomic E-state index is 0.107. The Balaban J connectivity index is 2.10. The van der Waals surface area contributed by atoms with Crippen molar-refractivity contribution in [1.82, 2.24) is 5.32 Å². The maximum Gasteiger partial charge on any atom is 0.122 e. The van der Waals surface area contributed by atoms with Crippen LogP contribution in [0, 0.1) is 0 Å². The zero-order valence-electron chi connectivity index (χ0n) is 10.9. The van der Waals surface area contributed by atoms with Crippen LogP contribution in [0.15, 0.2) is 18.2 Å². The van der Waals surface area contributed by atoms with Crippen molar-refractivity contribution in [2.24, 2.45) is 0 Å². The number of rotatable bonds is 5. The number of fused-ring (bicyclic) bond motifs is 1. The molecule has 0 amide bonds. The van der Waals surface area contributed by atoms with E-state index in [0.29, 0.717) is 6.73 Å². The van der Waals surface area contributed by atoms with Gasteiger partial charge in [-0.15, -0.1) is 0 Å². The topological polar surface area (TPSA) is 30.5 Å². The van der Waals surface area contributed by atoms with Gasteiger partial charge in [-0.05, 0) is 17.2 Å². The molecule has 0 radical (unpaired) electrons. The molecule has 3 nitrogen and oxygen atoms in total. The summed E-state index contributed by atoms with van der Waals surface area (Å²) in [6.45, 7) is 6.81. The van der Waals surface area contributed by atoms with E-state index in [9.17, 15) is 0 Å². The molecule has 1 heterocycles. The van der Waals surface area contributed by atoms with Crippen LogP contribution in [-0.4, -0.2) is 27.0 Å². The fourth-order valence-electron chi connectivity index (χ4n) is 2.18. The van der Waals surface area contributed by atoms with E-state index in [1.807, 2.05) is 0 Å². The fraction of sp³-hybridized carbons (Fsp3) is 0.571. The van der Waals surface area contributed by atoms with E-state index in [-0.39, 0.29) is 5.41 Å². The normalized spacial score (nSPS) is 14.5. The van der Waals surface area contributed by atoms with E-state index >= 15 is 0 Å². The van der Waals surface area contributed by atoms with Crippen LogP contribution < -0.4 is 10.1 Å². The third-order valence-corrected chi connectivity index (χ3v) is 3.28. The molecule has 17 heavy (non-hydrogen) atoms. The summed E-state index contributed by atoms with van der Waals surface area (Å²) in [4.78, 5) is 0. The SMILES string of the molecule is COCNCC(C)(C)c1ccc2c(c1)CCO2. The van der Waals surface area contributed by atoms with Gasteiger partial charge < -0.3 is 9.47 Å². The van der Waals surface area contributed by atoms with Crippen LogP contribution in [0.4, 0.5) is 0 Å². The third kappa shape index (κ3) is 2.79. The Kier molecular flexibility index (Phi) is 3.69. The van der Waals surface area contributed by atoms with Gasteiger partial charge in [-0.3, -0.25) is 5.32 Å². The van der Waals surface area contributed by atoms with Crippen molar-refractivity contribution in [3.05, 3.63) is 29.3 Å². The highest BCUT2D eigenvalue weighted by Crippen LogP contribution is 2.31. The molecule has 0 aromatic heterocycles. The van der Waals surface area contributed by atoms with Crippen molar-refractivity contribution in [2.75, 3.05) is 27.0 Å². The number of methoxy groups -OCH3 is 1. The van der Waals surface area contributed by atoms with Crippen LogP contribution in [0.1, 0.15) is 25.0 Å². The number of hydrogen-bond acceptors (Lipinski definition) is 3. The monoisotopic (exact) mass is 235 g/mol. The largest absolute Gasteiger partial charge is 0.493 e. The van der Waals surface area contributed by atoms with Gasteiger partial charge in [0.25, 0.3) is 0 Å². The summed E-state index contributed by atoms with van der Waals surface area (Å²) in [6.07, 6.45) is 1.03. The second-order valence-corrected chi connectivity index (χ2v) is 5.16. The summed E-state index contributed by atoms with van der Waals surface area (Å²) in [6, 6.07) is 6.53. The highest BCUT2D eigenvalue weighted by molar-refractivity contribution is 5.42. The van der Waals surface area contributed by atoms with Crippen molar-refractivity contribution >= 4 is 0 Å². The summed E-state index contributed by atoms with van der Waals surface area (Å²) in [7, 11) is 1.70. The van der Waals surface area contributed by atoms with Crippen molar-refractivity contribution in [3.8, 4) is 5.75 Å². The Morgan fingerprint density at radius 2 is 2.24 bits per heavy atom. The third-order valence-electron chi connectivity index (χ3n) is 3.28. The van der Waals surface area contributed by atoms with Crippen molar-refractivity contribution in [1.29, 1.82) is 0 Å². The molecule has 1 aromatic rings. The summed E-state index contributed by atoms with van der Waals surface area (Å²) in [5.74, 6) is 1.05. The van der Waals surface area contributed by atoms with Crippen molar-refractivity contribution in [2.45, 2.75) is 25.7 Å². The Labute approximate surface area is 103 Å². The molecule has 2 rings (SSSR count).